The topological polar surface area (TPSA) is 93.5 Å². The Morgan fingerprint density at radius 3 is 2.48 bits per heavy atom. The van der Waals surface area contributed by atoms with Crippen LogP contribution >= 0.6 is 0 Å². The third-order valence-corrected chi connectivity index (χ3v) is 5.93. The number of ether oxygens (including phenoxy) is 2. The highest BCUT2D eigenvalue weighted by Gasteiger charge is 2.34. The summed E-state index contributed by atoms with van der Waals surface area (Å²) in [5, 5.41) is 7.31. The smallest absolute Gasteiger partial charge is 0.324 e. The van der Waals surface area contributed by atoms with E-state index in [0.717, 1.165) is 0 Å². The summed E-state index contributed by atoms with van der Waals surface area (Å²) in [4.78, 5) is 12.3. The molecule has 0 aliphatic heterocycles. The van der Waals surface area contributed by atoms with Crippen LogP contribution in [0.2, 0.25) is 0 Å². The van der Waals surface area contributed by atoms with E-state index in [1.807, 2.05) is 6.07 Å². The number of carbonyl (C=O) groups excluding carboxylic acids is 1. The SMILES string of the molecule is CC#CCOc1ccc(S(=O)(=O)C(CCCCCC#N)C(=O)OCC)cc1. The first-order valence-corrected chi connectivity index (χ1v) is 10.4. The number of esters is 1. The highest BCUT2D eigenvalue weighted by molar-refractivity contribution is 7.92. The molecule has 0 radical (unpaired) electrons. The molecule has 0 aliphatic carbocycles. The van der Waals surface area contributed by atoms with Crippen molar-refractivity contribution >= 4 is 15.8 Å². The summed E-state index contributed by atoms with van der Waals surface area (Å²) in [6.45, 7) is 3.68. The summed E-state index contributed by atoms with van der Waals surface area (Å²) >= 11 is 0. The Kier molecular flexibility index (Phi) is 10.00. The second kappa shape index (κ2) is 12.0. The van der Waals surface area contributed by atoms with Crippen molar-refractivity contribution < 1.29 is 22.7 Å². The van der Waals surface area contributed by atoms with Gasteiger partial charge in [0.25, 0.3) is 0 Å². The zero-order valence-corrected chi connectivity index (χ0v) is 16.5. The van der Waals surface area contributed by atoms with Gasteiger partial charge in [-0.05, 0) is 51.0 Å². The Morgan fingerprint density at radius 2 is 1.89 bits per heavy atom. The van der Waals surface area contributed by atoms with Gasteiger partial charge in [-0.15, -0.1) is 5.92 Å². The fourth-order valence-corrected chi connectivity index (χ4v) is 4.07. The number of hydrogen-bond acceptors (Lipinski definition) is 6. The predicted molar refractivity (Wildman–Crippen MR) is 102 cm³/mol. The average Bonchev–Trinajstić information content (AvgIpc) is 2.65. The number of carbonyl (C=O) groups is 1. The summed E-state index contributed by atoms with van der Waals surface area (Å²) in [5.41, 5.74) is 0. The monoisotopic (exact) mass is 391 g/mol. The van der Waals surface area contributed by atoms with Crippen LogP contribution in [0.15, 0.2) is 29.2 Å². The zero-order chi connectivity index (χ0) is 20.1. The van der Waals surface area contributed by atoms with Crippen LogP contribution in [-0.4, -0.2) is 32.9 Å². The maximum Gasteiger partial charge on any atom is 0.324 e. The lowest BCUT2D eigenvalue weighted by molar-refractivity contribution is -0.142. The Labute approximate surface area is 161 Å². The van der Waals surface area contributed by atoms with Crippen LogP contribution in [0.25, 0.3) is 0 Å². The summed E-state index contributed by atoms with van der Waals surface area (Å²) < 4.78 is 36.2. The highest BCUT2D eigenvalue weighted by Crippen LogP contribution is 2.24. The van der Waals surface area contributed by atoms with Crippen molar-refractivity contribution in [2.24, 2.45) is 0 Å². The maximum absolute atomic E-state index is 12.9. The second-order valence-electron chi connectivity index (χ2n) is 5.73. The standard InChI is InChI=1S/C20H25NO5S/c1-3-5-16-26-17-11-13-18(14-12-17)27(23,24)19(20(22)25-4-2)10-8-6-7-9-15-21/h11-14,19H,4,6-10,16H2,1-2H3. The van der Waals surface area contributed by atoms with Crippen LogP contribution in [0, 0.1) is 23.2 Å². The first-order valence-electron chi connectivity index (χ1n) is 8.87. The average molecular weight is 391 g/mol. The quantitative estimate of drug-likeness (QED) is 0.326. The molecule has 1 aromatic rings. The second-order valence-corrected chi connectivity index (χ2v) is 7.86. The number of benzene rings is 1. The number of sulfone groups is 1. The molecule has 0 heterocycles. The lowest BCUT2D eigenvalue weighted by Gasteiger charge is -2.16. The third-order valence-electron chi connectivity index (χ3n) is 3.82. The maximum atomic E-state index is 12.9. The van der Waals surface area contributed by atoms with Crippen LogP contribution in [0.5, 0.6) is 5.75 Å². The van der Waals surface area contributed by atoms with Crippen LogP contribution < -0.4 is 4.74 Å². The lowest BCUT2D eigenvalue weighted by atomic mass is 10.1. The molecule has 0 aromatic heterocycles. The van der Waals surface area contributed by atoms with Crippen LogP contribution in [0.3, 0.4) is 0 Å². The Morgan fingerprint density at radius 1 is 1.19 bits per heavy atom. The third kappa shape index (κ3) is 7.32. The molecule has 0 saturated heterocycles. The van der Waals surface area contributed by atoms with Gasteiger partial charge in [-0.25, -0.2) is 8.42 Å². The molecule has 27 heavy (non-hydrogen) atoms. The van der Waals surface area contributed by atoms with Gasteiger partial charge in [-0.2, -0.15) is 5.26 Å². The fraction of sp³-hybridized carbons (Fsp3) is 0.500. The van der Waals surface area contributed by atoms with Crippen molar-refractivity contribution in [3.63, 3.8) is 0 Å². The van der Waals surface area contributed by atoms with Gasteiger partial charge in [0.15, 0.2) is 15.1 Å². The van der Waals surface area contributed by atoms with Crippen LogP contribution in [0.1, 0.15) is 46.0 Å². The minimum atomic E-state index is -3.88. The van der Waals surface area contributed by atoms with E-state index in [1.165, 1.54) is 12.1 Å². The Hall–Kier alpha value is -2.51. The van der Waals surface area contributed by atoms with Gasteiger partial charge in [0.1, 0.15) is 12.4 Å². The molecule has 0 fully saturated rings. The molecule has 1 unspecified atom stereocenters. The van der Waals surface area contributed by atoms with E-state index >= 15 is 0 Å². The van der Waals surface area contributed by atoms with Gasteiger partial charge in [0, 0.05) is 6.42 Å². The predicted octanol–water partition coefficient (Wildman–Crippen LogP) is 3.27. The molecule has 0 aliphatic rings. The molecule has 0 N–H and O–H groups in total. The first-order chi connectivity index (χ1) is 13.0. The van der Waals surface area contributed by atoms with Gasteiger partial charge in [0.05, 0.1) is 17.6 Å². The van der Waals surface area contributed by atoms with Gasteiger partial charge in [0.2, 0.25) is 0 Å². The van der Waals surface area contributed by atoms with E-state index in [9.17, 15) is 13.2 Å². The largest absolute Gasteiger partial charge is 0.481 e. The molecular weight excluding hydrogens is 366 g/mol. The number of nitriles is 1. The summed E-state index contributed by atoms with van der Waals surface area (Å²) in [7, 11) is -3.88. The number of unbranched alkanes of at least 4 members (excludes halogenated alkanes) is 3. The number of hydrogen-bond donors (Lipinski definition) is 0. The van der Waals surface area contributed by atoms with E-state index in [-0.39, 0.29) is 24.5 Å². The van der Waals surface area contributed by atoms with E-state index in [1.54, 1.807) is 26.0 Å². The van der Waals surface area contributed by atoms with Crippen molar-refractivity contribution in [3.05, 3.63) is 24.3 Å². The Balaban J connectivity index is 2.91. The summed E-state index contributed by atoms with van der Waals surface area (Å²) in [6.07, 6.45) is 2.47. The molecule has 0 spiro atoms. The normalized spacial score (nSPS) is 11.6. The van der Waals surface area contributed by atoms with Crippen molar-refractivity contribution in [2.75, 3.05) is 13.2 Å². The zero-order valence-electron chi connectivity index (χ0n) is 15.7. The van der Waals surface area contributed by atoms with Crippen molar-refractivity contribution in [3.8, 4) is 23.7 Å². The van der Waals surface area contributed by atoms with Gasteiger partial charge in [-0.1, -0.05) is 18.8 Å². The lowest BCUT2D eigenvalue weighted by Crippen LogP contribution is -2.32. The van der Waals surface area contributed by atoms with E-state index in [2.05, 4.69) is 11.8 Å². The molecule has 0 saturated carbocycles. The summed E-state index contributed by atoms with van der Waals surface area (Å²) in [6, 6.07) is 7.98. The fourth-order valence-electron chi connectivity index (χ4n) is 2.43. The van der Waals surface area contributed by atoms with Crippen molar-refractivity contribution in [2.45, 2.75) is 56.1 Å². The summed E-state index contributed by atoms with van der Waals surface area (Å²) in [5.74, 6) is 5.22. The van der Waals surface area contributed by atoms with E-state index in [0.29, 0.717) is 31.4 Å². The Bertz CT molecular complexity index is 798. The molecule has 6 nitrogen and oxygen atoms in total. The molecule has 1 rings (SSSR count). The molecular formula is C20H25NO5S. The molecule has 0 amide bonds. The molecule has 146 valence electrons. The molecule has 1 atom stereocenters. The van der Waals surface area contributed by atoms with Gasteiger partial charge >= 0.3 is 5.97 Å². The number of rotatable bonds is 11. The minimum absolute atomic E-state index is 0.0477. The van der Waals surface area contributed by atoms with E-state index < -0.39 is 21.1 Å². The van der Waals surface area contributed by atoms with Gasteiger partial charge < -0.3 is 9.47 Å². The molecule has 7 heteroatoms. The van der Waals surface area contributed by atoms with Gasteiger partial charge in [-0.3, -0.25) is 4.79 Å². The minimum Gasteiger partial charge on any atom is -0.481 e. The highest BCUT2D eigenvalue weighted by atomic mass is 32.2. The van der Waals surface area contributed by atoms with Crippen molar-refractivity contribution in [1.82, 2.24) is 0 Å². The van der Waals surface area contributed by atoms with Crippen LogP contribution in [0.4, 0.5) is 0 Å². The number of nitrogens with zero attached hydrogens (tertiary/aromatic N) is 1. The first kappa shape index (κ1) is 22.5. The molecule has 0 bridgehead atoms. The molecule has 1 aromatic carbocycles. The van der Waals surface area contributed by atoms with Crippen molar-refractivity contribution in [1.29, 1.82) is 5.26 Å². The van der Waals surface area contributed by atoms with Crippen LogP contribution in [-0.2, 0) is 19.4 Å². The van der Waals surface area contributed by atoms with E-state index in [4.69, 9.17) is 14.7 Å².